The van der Waals surface area contributed by atoms with Gasteiger partial charge in [-0.25, -0.2) is 0 Å². The third-order valence-corrected chi connectivity index (χ3v) is 3.52. The number of likely N-dealkylation sites (N-methyl/N-ethyl adjacent to an activating group) is 1. The van der Waals surface area contributed by atoms with Crippen molar-refractivity contribution >= 4 is 0 Å². The fourth-order valence-corrected chi connectivity index (χ4v) is 2.17. The van der Waals surface area contributed by atoms with E-state index in [1.807, 2.05) is 12.1 Å². The van der Waals surface area contributed by atoms with Crippen LogP contribution in [0.15, 0.2) is 24.3 Å². The Kier molecular flexibility index (Phi) is 4.54. The summed E-state index contributed by atoms with van der Waals surface area (Å²) < 4.78 is 0. The van der Waals surface area contributed by atoms with Gasteiger partial charge in [0.15, 0.2) is 0 Å². The molecular weight excluding hydrogens is 212 g/mol. The van der Waals surface area contributed by atoms with Crippen molar-refractivity contribution in [1.29, 1.82) is 0 Å². The largest absolute Gasteiger partial charge is 0.392 e. The molecule has 1 aliphatic rings. The first kappa shape index (κ1) is 12.6. The van der Waals surface area contributed by atoms with Gasteiger partial charge in [-0.1, -0.05) is 24.3 Å². The number of hydrogen-bond donors (Lipinski definition) is 1. The van der Waals surface area contributed by atoms with E-state index in [9.17, 15) is 0 Å². The van der Waals surface area contributed by atoms with Crippen molar-refractivity contribution in [1.82, 2.24) is 9.80 Å². The van der Waals surface area contributed by atoms with Gasteiger partial charge in [0, 0.05) is 32.7 Å². The number of benzene rings is 1. The molecule has 17 heavy (non-hydrogen) atoms. The molecule has 3 heteroatoms. The molecule has 0 unspecified atom stereocenters. The molecule has 0 atom stereocenters. The summed E-state index contributed by atoms with van der Waals surface area (Å²) in [6, 6.07) is 8.28. The Hall–Kier alpha value is -0.900. The Morgan fingerprint density at radius 3 is 2.18 bits per heavy atom. The summed E-state index contributed by atoms with van der Waals surface area (Å²) in [7, 11) is 2.19. The minimum atomic E-state index is 0.138. The van der Waals surface area contributed by atoms with Gasteiger partial charge in [0.05, 0.1) is 6.61 Å². The van der Waals surface area contributed by atoms with Crippen molar-refractivity contribution in [3.63, 3.8) is 0 Å². The molecule has 1 fully saturated rings. The van der Waals surface area contributed by atoms with Crippen LogP contribution in [0.4, 0.5) is 0 Å². The molecule has 1 aliphatic heterocycles. The summed E-state index contributed by atoms with van der Waals surface area (Å²) in [4.78, 5) is 4.91. The zero-order valence-electron chi connectivity index (χ0n) is 10.6. The number of aliphatic hydroxyl groups excluding tert-OH is 1. The van der Waals surface area contributed by atoms with Crippen LogP contribution < -0.4 is 0 Å². The zero-order chi connectivity index (χ0) is 12.1. The van der Waals surface area contributed by atoms with Crippen LogP contribution in [0.25, 0.3) is 0 Å². The second-order valence-corrected chi connectivity index (χ2v) is 4.87. The molecule has 0 amide bonds. The highest BCUT2D eigenvalue weighted by molar-refractivity contribution is 5.22. The van der Waals surface area contributed by atoms with Gasteiger partial charge in [0.2, 0.25) is 0 Å². The minimum Gasteiger partial charge on any atom is -0.392 e. The van der Waals surface area contributed by atoms with Crippen molar-refractivity contribution in [2.75, 3.05) is 39.8 Å². The lowest BCUT2D eigenvalue weighted by Gasteiger charge is -2.32. The Morgan fingerprint density at radius 2 is 1.59 bits per heavy atom. The van der Waals surface area contributed by atoms with Crippen LogP contribution in [0.3, 0.4) is 0 Å². The topological polar surface area (TPSA) is 26.7 Å². The summed E-state index contributed by atoms with van der Waals surface area (Å²) in [5.74, 6) is 0. The first-order valence-corrected chi connectivity index (χ1v) is 6.37. The van der Waals surface area contributed by atoms with Crippen LogP contribution in [-0.2, 0) is 13.0 Å². The lowest BCUT2D eigenvalue weighted by Crippen LogP contribution is -2.45. The second-order valence-electron chi connectivity index (χ2n) is 4.87. The van der Waals surface area contributed by atoms with Crippen LogP contribution >= 0.6 is 0 Å². The smallest absolute Gasteiger partial charge is 0.0681 e. The predicted molar refractivity (Wildman–Crippen MR) is 70.0 cm³/mol. The fraction of sp³-hybridized carbons (Fsp3) is 0.571. The molecule has 1 aromatic carbocycles. The molecule has 1 N–H and O–H groups in total. The third-order valence-electron chi connectivity index (χ3n) is 3.52. The van der Waals surface area contributed by atoms with Gasteiger partial charge in [-0.15, -0.1) is 0 Å². The van der Waals surface area contributed by atoms with Gasteiger partial charge in [-0.2, -0.15) is 0 Å². The summed E-state index contributed by atoms with van der Waals surface area (Å²) in [6.45, 7) is 6.02. The summed E-state index contributed by atoms with van der Waals surface area (Å²) in [5, 5.41) is 8.97. The van der Waals surface area contributed by atoms with Crippen molar-refractivity contribution in [2.24, 2.45) is 0 Å². The minimum absolute atomic E-state index is 0.138. The normalized spacial score (nSPS) is 18.5. The number of rotatable bonds is 4. The SMILES string of the molecule is CN1CCN(CCc2ccc(CO)cc2)CC1. The highest BCUT2D eigenvalue weighted by Gasteiger charge is 2.12. The van der Waals surface area contributed by atoms with Crippen molar-refractivity contribution in [2.45, 2.75) is 13.0 Å². The van der Waals surface area contributed by atoms with Crippen LogP contribution in [0.2, 0.25) is 0 Å². The molecule has 0 aliphatic carbocycles. The molecular formula is C14H22N2O. The van der Waals surface area contributed by atoms with E-state index < -0.39 is 0 Å². The lowest BCUT2D eigenvalue weighted by molar-refractivity contribution is 0.155. The standard InChI is InChI=1S/C14H22N2O/c1-15-8-10-16(11-9-15)7-6-13-2-4-14(12-17)5-3-13/h2-5,17H,6-12H2,1H3. The summed E-state index contributed by atoms with van der Waals surface area (Å²) in [6.07, 6.45) is 1.11. The first-order valence-electron chi connectivity index (χ1n) is 6.37. The van der Waals surface area contributed by atoms with Gasteiger partial charge in [0.25, 0.3) is 0 Å². The Bertz CT molecular complexity index is 329. The molecule has 0 saturated carbocycles. The Balaban J connectivity index is 1.77. The van der Waals surface area contributed by atoms with Crippen molar-refractivity contribution in [3.05, 3.63) is 35.4 Å². The van der Waals surface area contributed by atoms with Crippen LogP contribution in [0, 0.1) is 0 Å². The monoisotopic (exact) mass is 234 g/mol. The van der Waals surface area contributed by atoms with E-state index in [-0.39, 0.29) is 6.61 Å². The van der Waals surface area contributed by atoms with E-state index in [1.165, 1.54) is 31.7 Å². The number of piperazine rings is 1. The molecule has 1 heterocycles. The first-order chi connectivity index (χ1) is 8.28. The van der Waals surface area contributed by atoms with Gasteiger partial charge < -0.3 is 14.9 Å². The second kappa shape index (κ2) is 6.15. The van der Waals surface area contributed by atoms with Crippen LogP contribution in [-0.4, -0.2) is 54.7 Å². The molecule has 3 nitrogen and oxygen atoms in total. The predicted octanol–water partition coefficient (Wildman–Crippen LogP) is 0.969. The maximum atomic E-state index is 8.97. The van der Waals surface area contributed by atoms with E-state index in [0.29, 0.717) is 0 Å². The number of nitrogens with zero attached hydrogens (tertiary/aromatic N) is 2. The number of hydrogen-bond acceptors (Lipinski definition) is 3. The van der Waals surface area contributed by atoms with E-state index >= 15 is 0 Å². The molecule has 1 saturated heterocycles. The molecule has 94 valence electrons. The molecule has 0 aromatic heterocycles. The van der Waals surface area contributed by atoms with Gasteiger partial charge in [-0.3, -0.25) is 0 Å². The lowest BCUT2D eigenvalue weighted by atomic mass is 10.1. The van der Waals surface area contributed by atoms with Gasteiger partial charge >= 0.3 is 0 Å². The van der Waals surface area contributed by atoms with E-state index in [0.717, 1.165) is 18.5 Å². The van der Waals surface area contributed by atoms with Crippen molar-refractivity contribution in [3.8, 4) is 0 Å². The van der Waals surface area contributed by atoms with Crippen molar-refractivity contribution < 1.29 is 5.11 Å². The molecule has 0 radical (unpaired) electrons. The highest BCUT2D eigenvalue weighted by atomic mass is 16.3. The molecule has 2 rings (SSSR count). The van der Waals surface area contributed by atoms with Gasteiger partial charge in [-0.05, 0) is 24.6 Å². The Morgan fingerprint density at radius 1 is 1.00 bits per heavy atom. The maximum Gasteiger partial charge on any atom is 0.0681 e. The molecule has 0 spiro atoms. The fourth-order valence-electron chi connectivity index (χ4n) is 2.17. The van der Waals surface area contributed by atoms with Gasteiger partial charge in [0.1, 0.15) is 0 Å². The summed E-state index contributed by atoms with van der Waals surface area (Å²) >= 11 is 0. The maximum absolute atomic E-state index is 8.97. The van der Waals surface area contributed by atoms with E-state index in [4.69, 9.17) is 5.11 Å². The van der Waals surface area contributed by atoms with E-state index in [1.54, 1.807) is 0 Å². The highest BCUT2D eigenvalue weighted by Crippen LogP contribution is 2.07. The third kappa shape index (κ3) is 3.80. The van der Waals surface area contributed by atoms with Crippen LogP contribution in [0.5, 0.6) is 0 Å². The zero-order valence-corrected chi connectivity index (χ0v) is 10.6. The molecule has 1 aromatic rings. The Labute approximate surface area is 104 Å². The van der Waals surface area contributed by atoms with Crippen LogP contribution in [0.1, 0.15) is 11.1 Å². The summed E-state index contributed by atoms with van der Waals surface area (Å²) in [5.41, 5.74) is 2.36. The number of aliphatic hydroxyl groups is 1. The average Bonchev–Trinajstić information content (AvgIpc) is 2.39. The average molecular weight is 234 g/mol. The molecule has 0 bridgehead atoms. The quantitative estimate of drug-likeness (QED) is 0.841. The van der Waals surface area contributed by atoms with E-state index in [2.05, 4.69) is 29.0 Å².